The normalized spacial score (nSPS) is 19.3. The number of aryl methyl sites for hydroxylation is 2. The van der Waals surface area contributed by atoms with Crippen LogP contribution in [0.5, 0.6) is 5.75 Å². The van der Waals surface area contributed by atoms with Gasteiger partial charge in [-0.25, -0.2) is 0 Å². The molecule has 0 aliphatic carbocycles. The highest BCUT2D eigenvalue weighted by atomic mass is 16.5. The van der Waals surface area contributed by atoms with Crippen LogP contribution in [0.25, 0.3) is 0 Å². The van der Waals surface area contributed by atoms with Crippen molar-refractivity contribution in [1.29, 1.82) is 0 Å². The van der Waals surface area contributed by atoms with Crippen LogP contribution in [0.2, 0.25) is 0 Å². The fourth-order valence-electron chi connectivity index (χ4n) is 5.07. The summed E-state index contributed by atoms with van der Waals surface area (Å²) in [6.45, 7) is 5.32. The number of likely N-dealkylation sites (tertiary alicyclic amines) is 1. The number of likely N-dealkylation sites (N-methyl/N-ethyl adjacent to an activating group) is 1. The number of fused-ring (bicyclic) bond motifs is 1. The first-order valence-electron chi connectivity index (χ1n) is 12.4. The minimum Gasteiger partial charge on any atom is -0.491 e. The molecule has 0 radical (unpaired) electrons. The van der Waals surface area contributed by atoms with Crippen LogP contribution in [0, 0.1) is 12.3 Å². The molecule has 34 heavy (non-hydrogen) atoms. The van der Waals surface area contributed by atoms with Crippen LogP contribution in [-0.2, 0) is 22.6 Å². The number of aromatic nitrogens is 2. The number of carbonyl (C=O) groups is 2. The lowest BCUT2D eigenvalue weighted by Gasteiger charge is -2.41. The van der Waals surface area contributed by atoms with Gasteiger partial charge in [0.05, 0.1) is 30.7 Å². The molecule has 1 saturated heterocycles. The zero-order valence-electron chi connectivity index (χ0n) is 20.4. The third-order valence-electron chi connectivity index (χ3n) is 7.21. The number of nitrogens with one attached hydrogen (secondary N) is 2. The Balaban J connectivity index is 1.31. The van der Waals surface area contributed by atoms with Gasteiger partial charge in [-0.3, -0.25) is 19.6 Å². The molecule has 1 spiro atoms. The van der Waals surface area contributed by atoms with Crippen molar-refractivity contribution in [2.45, 2.75) is 52.0 Å². The summed E-state index contributed by atoms with van der Waals surface area (Å²) in [5.41, 5.74) is 2.74. The molecule has 0 saturated carbocycles. The van der Waals surface area contributed by atoms with Crippen molar-refractivity contribution < 1.29 is 14.3 Å². The van der Waals surface area contributed by atoms with E-state index in [1.54, 1.807) is 4.90 Å². The molecule has 8 nitrogen and oxygen atoms in total. The first-order valence-corrected chi connectivity index (χ1v) is 12.4. The lowest BCUT2D eigenvalue weighted by molar-refractivity contribution is -0.136. The van der Waals surface area contributed by atoms with Crippen LogP contribution in [0.1, 0.15) is 49.1 Å². The summed E-state index contributed by atoms with van der Waals surface area (Å²) in [7, 11) is 1.82. The van der Waals surface area contributed by atoms with E-state index in [2.05, 4.69) is 32.5 Å². The SMILES string of the molecule is Cc1cc(CN(C)C(=O)CN2CCC3(CCCCc4ccccc4OCCNC3=O)CC2)n[nH]1. The zero-order chi connectivity index (χ0) is 24.0. The van der Waals surface area contributed by atoms with Gasteiger partial charge >= 0.3 is 0 Å². The molecule has 1 aromatic carbocycles. The Kier molecular flexibility index (Phi) is 7.88. The first-order chi connectivity index (χ1) is 16.4. The number of hydrogen-bond donors (Lipinski definition) is 2. The van der Waals surface area contributed by atoms with Crippen molar-refractivity contribution in [2.24, 2.45) is 5.41 Å². The predicted octanol–water partition coefficient (Wildman–Crippen LogP) is 2.68. The van der Waals surface area contributed by atoms with E-state index in [1.807, 2.05) is 32.2 Å². The Morgan fingerprint density at radius 3 is 2.76 bits per heavy atom. The van der Waals surface area contributed by atoms with Gasteiger partial charge in [-0.05, 0) is 69.8 Å². The first kappa shape index (κ1) is 24.3. The highest BCUT2D eigenvalue weighted by molar-refractivity contribution is 5.83. The lowest BCUT2D eigenvalue weighted by atomic mass is 9.73. The number of amides is 2. The molecule has 1 fully saturated rings. The summed E-state index contributed by atoms with van der Waals surface area (Å²) >= 11 is 0. The maximum Gasteiger partial charge on any atom is 0.236 e. The van der Waals surface area contributed by atoms with E-state index in [9.17, 15) is 9.59 Å². The molecule has 8 heteroatoms. The van der Waals surface area contributed by atoms with E-state index in [-0.39, 0.29) is 17.2 Å². The number of H-pyrrole nitrogens is 1. The second-order valence-corrected chi connectivity index (χ2v) is 9.77. The van der Waals surface area contributed by atoms with Crippen LogP contribution in [0.4, 0.5) is 0 Å². The minimum absolute atomic E-state index is 0.0792. The summed E-state index contributed by atoms with van der Waals surface area (Å²) in [5, 5.41) is 10.3. The molecule has 0 unspecified atom stereocenters. The molecule has 0 bridgehead atoms. The number of aromatic amines is 1. The molecular weight excluding hydrogens is 430 g/mol. The predicted molar refractivity (Wildman–Crippen MR) is 130 cm³/mol. The number of hydrogen-bond acceptors (Lipinski definition) is 5. The Hall–Kier alpha value is -2.87. The van der Waals surface area contributed by atoms with E-state index in [4.69, 9.17) is 4.74 Å². The Morgan fingerprint density at radius 2 is 2.00 bits per heavy atom. The van der Waals surface area contributed by atoms with Crippen LogP contribution >= 0.6 is 0 Å². The largest absolute Gasteiger partial charge is 0.491 e. The number of benzene rings is 1. The highest BCUT2D eigenvalue weighted by Gasteiger charge is 2.41. The second kappa shape index (κ2) is 11.0. The lowest BCUT2D eigenvalue weighted by Crippen LogP contribution is -2.51. The van der Waals surface area contributed by atoms with Gasteiger partial charge in [-0.2, -0.15) is 5.10 Å². The van der Waals surface area contributed by atoms with Gasteiger partial charge in [-0.1, -0.05) is 24.6 Å². The van der Waals surface area contributed by atoms with E-state index >= 15 is 0 Å². The third kappa shape index (κ3) is 5.97. The van der Waals surface area contributed by atoms with Gasteiger partial charge in [0, 0.05) is 12.7 Å². The van der Waals surface area contributed by atoms with Crippen molar-refractivity contribution in [1.82, 2.24) is 25.3 Å². The monoisotopic (exact) mass is 467 g/mol. The Labute approximate surface area is 202 Å². The van der Waals surface area contributed by atoms with Crippen LogP contribution in [-0.4, -0.2) is 71.6 Å². The fourth-order valence-corrected chi connectivity index (χ4v) is 5.07. The zero-order valence-corrected chi connectivity index (χ0v) is 20.4. The average molecular weight is 468 g/mol. The fraction of sp³-hybridized carbons (Fsp3) is 0.577. The van der Waals surface area contributed by atoms with E-state index in [0.29, 0.717) is 26.2 Å². The molecule has 2 N–H and O–H groups in total. The van der Waals surface area contributed by atoms with E-state index in [1.165, 1.54) is 5.56 Å². The van der Waals surface area contributed by atoms with Gasteiger partial charge in [0.15, 0.2) is 0 Å². The Bertz CT molecular complexity index is 980. The second-order valence-electron chi connectivity index (χ2n) is 9.77. The summed E-state index contributed by atoms with van der Waals surface area (Å²) in [6, 6.07) is 10.2. The van der Waals surface area contributed by atoms with Gasteiger partial charge in [0.25, 0.3) is 0 Å². The maximum absolute atomic E-state index is 13.2. The van der Waals surface area contributed by atoms with Gasteiger partial charge < -0.3 is 15.0 Å². The third-order valence-corrected chi connectivity index (χ3v) is 7.21. The van der Waals surface area contributed by atoms with E-state index < -0.39 is 0 Å². The van der Waals surface area contributed by atoms with Crippen molar-refractivity contribution in [3.05, 3.63) is 47.3 Å². The van der Waals surface area contributed by atoms with Crippen molar-refractivity contribution in [3.63, 3.8) is 0 Å². The van der Waals surface area contributed by atoms with Crippen LogP contribution < -0.4 is 10.1 Å². The molecular formula is C26H37N5O3. The number of nitrogens with zero attached hydrogens (tertiary/aromatic N) is 3. The summed E-state index contributed by atoms with van der Waals surface area (Å²) in [5.74, 6) is 1.15. The smallest absolute Gasteiger partial charge is 0.236 e. The maximum atomic E-state index is 13.2. The summed E-state index contributed by atoms with van der Waals surface area (Å²) < 4.78 is 5.94. The Morgan fingerprint density at radius 1 is 1.21 bits per heavy atom. The quantitative estimate of drug-likeness (QED) is 0.722. The number of carbonyl (C=O) groups excluding carboxylic acids is 2. The summed E-state index contributed by atoms with van der Waals surface area (Å²) in [4.78, 5) is 29.9. The van der Waals surface area contributed by atoms with Crippen molar-refractivity contribution in [3.8, 4) is 5.75 Å². The van der Waals surface area contributed by atoms with Gasteiger partial charge in [0.2, 0.25) is 11.8 Å². The highest BCUT2D eigenvalue weighted by Crippen LogP contribution is 2.37. The van der Waals surface area contributed by atoms with Gasteiger partial charge in [-0.15, -0.1) is 0 Å². The van der Waals surface area contributed by atoms with Crippen LogP contribution in [0.15, 0.2) is 30.3 Å². The molecule has 2 amide bonds. The molecule has 184 valence electrons. The van der Waals surface area contributed by atoms with E-state index in [0.717, 1.165) is 68.8 Å². The van der Waals surface area contributed by atoms with Crippen LogP contribution in [0.3, 0.4) is 0 Å². The van der Waals surface area contributed by atoms with Gasteiger partial charge in [0.1, 0.15) is 12.4 Å². The van der Waals surface area contributed by atoms with Crippen molar-refractivity contribution in [2.75, 3.05) is 39.8 Å². The summed E-state index contributed by atoms with van der Waals surface area (Å²) in [6.07, 6.45) is 5.47. The molecule has 4 rings (SSSR count). The topological polar surface area (TPSA) is 90.6 Å². The molecule has 2 aliphatic rings. The molecule has 2 aliphatic heterocycles. The molecule has 0 atom stereocenters. The number of rotatable bonds is 4. The molecule has 2 aromatic rings. The number of piperidine rings is 1. The van der Waals surface area contributed by atoms with Crippen molar-refractivity contribution >= 4 is 11.8 Å². The molecule has 1 aromatic heterocycles. The molecule has 3 heterocycles. The minimum atomic E-state index is -0.350. The average Bonchev–Trinajstić information content (AvgIpc) is 3.24. The number of ether oxygens (including phenoxy) is 1. The standard InChI is InChI=1S/C26H37N5O3/c1-20-17-22(29-28-20)18-30(2)24(32)19-31-14-11-26(12-15-31)10-6-5-8-21-7-3-4-9-23(21)34-16-13-27-25(26)33/h3-4,7,9,17H,5-6,8,10-16,18-19H2,1-2H3,(H,27,33)(H,28,29). The number of para-hydroxylation sites is 1.